The summed E-state index contributed by atoms with van der Waals surface area (Å²) in [5.74, 6) is -0.420. The van der Waals surface area contributed by atoms with Gasteiger partial charge in [0.2, 0.25) is 0 Å². The molecule has 1 unspecified atom stereocenters. The Bertz CT molecular complexity index is 929. The first-order valence-electron chi connectivity index (χ1n) is 6.67. The Labute approximate surface area is 131 Å². The maximum absolute atomic E-state index is 13.5. The van der Waals surface area contributed by atoms with Gasteiger partial charge in [0.15, 0.2) is 0 Å². The van der Waals surface area contributed by atoms with Crippen LogP contribution < -0.4 is 5.56 Å². The number of fused-ring (bicyclic) bond motifs is 1. The van der Waals surface area contributed by atoms with Crippen LogP contribution in [0.25, 0.3) is 11.2 Å². The first kappa shape index (κ1) is 14.5. The highest BCUT2D eigenvalue weighted by Crippen LogP contribution is 2.23. The van der Waals surface area contributed by atoms with Crippen molar-refractivity contribution in [1.82, 2.24) is 8.97 Å². The van der Waals surface area contributed by atoms with Crippen LogP contribution in [0.15, 0.2) is 52.5 Å². The van der Waals surface area contributed by atoms with E-state index < -0.39 is 5.82 Å². The number of benzene rings is 1. The molecule has 2 aromatic heterocycles. The number of hydrogen-bond donors (Lipinski definition) is 0. The highest BCUT2D eigenvalue weighted by Gasteiger charge is 2.17. The van der Waals surface area contributed by atoms with Crippen molar-refractivity contribution in [3.63, 3.8) is 0 Å². The largest absolute Gasteiger partial charge is 0.316 e. The molecule has 0 fully saturated rings. The first-order chi connectivity index (χ1) is 10.5. The van der Waals surface area contributed by atoms with E-state index in [1.54, 1.807) is 35.0 Å². The predicted molar refractivity (Wildman–Crippen MR) is 85.9 cm³/mol. The van der Waals surface area contributed by atoms with Crippen LogP contribution in [-0.2, 0) is 0 Å². The second-order valence-corrected chi connectivity index (χ2v) is 5.36. The maximum Gasteiger partial charge on any atom is 0.281 e. The minimum atomic E-state index is -0.420. The van der Waals surface area contributed by atoms with E-state index in [9.17, 15) is 9.18 Å². The summed E-state index contributed by atoms with van der Waals surface area (Å²) in [7, 11) is 0. The number of rotatable bonds is 3. The first-order valence-corrected chi connectivity index (χ1v) is 7.04. The number of nitrogens with zero attached hydrogens (tertiary/aromatic N) is 3. The zero-order valence-electron chi connectivity index (χ0n) is 11.8. The van der Waals surface area contributed by atoms with Gasteiger partial charge in [-0.25, -0.2) is 4.39 Å². The van der Waals surface area contributed by atoms with Gasteiger partial charge in [0.1, 0.15) is 11.3 Å². The Morgan fingerprint density at radius 2 is 2.14 bits per heavy atom. The molecule has 4 nitrogen and oxygen atoms in total. The molecule has 0 aliphatic carbocycles. The molecule has 0 radical (unpaired) electrons. The molecule has 0 bridgehead atoms. The molecule has 0 aliphatic rings. The summed E-state index contributed by atoms with van der Waals surface area (Å²) in [4.78, 5) is 16.8. The van der Waals surface area contributed by atoms with Crippen molar-refractivity contribution in [2.75, 3.05) is 0 Å². The summed E-state index contributed by atoms with van der Waals surface area (Å²) in [5, 5.41) is 0.348. The van der Waals surface area contributed by atoms with Gasteiger partial charge in [-0.1, -0.05) is 17.7 Å². The lowest BCUT2D eigenvalue weighted by Gasteiger charge is -2.17. The van der Waals surface area contributed by atoms with E-state index in [4.69, 9.17) is 11.6 Å². The Balaban J connectivity index is 2.44. The SMILES string of the molecule is C=NC(C)c1cn2ccc(Cl)c2c(=O)n1-c1cccc(F)c1. The van der Waals surface area contributed by atoms with Crippen molar-refractivity contribution >= 4 is 23.8 Å². The molecule has 0 saturated carbocycles. The molecule has 22 heavy (non-hydrogen) atoms. The maximum atomic E-state index is 13.5. The molecular weight excluding hydrogens is 305 g/mol. The fourth-order valence-corrected chi connectivity index (χ4v) is 2.67. The standard InChI is InChI=1S/C16H13ClFN3O/c1-10(19-2)14-9-20-7-6-13(17)15(20)16(22)21(14)12-5-3-4-11(18)8-12/h3-10H,2H2,1H3. The lowest BCUT2D eigenvalue weighted by Crippen LogP contribution is -2.25. The van der Waals surface area contributed by atoms with Gasteiger partial charge in [-0.05, 0) is 37.9 Å². The normalized spacial score (nSPS) is 12.5. The van der Waals surface area contributed by atoms with Gasteiger partial charge in [0.05, 0.1) is 22.4 Å². The van der Waals surface area contributed by atoms with E-state index in [0.717, 1.165) is 0 Å². The molecular formula is C16H13ClFN3O. The Hall–Kier alpha value is -2.40. The smallest absolute Gasteiger partial charge is 0.281 e. The summed E-state index contributed by atoms with van der Waals surface area (Å²) in [6.07, 6.45) is 3.46. The summed E-state index contributed by atoms with van der Waals surface area (Å²) in [6.45, 7) is 5.34. The van der Waals surface area contributed by atoms with Gasteiger partial charge in [-0.2, -0.15) is 0 Å². The van der Waals surface area contributed by atoms with Crippen molar-refractivity contribution in [1.29, 1.82) is 0 Å². The number of hydrogen-bond acceptors (Lipinski definition) is 2. The third kappa shape index (κ3) is 2.23. The van der Waals surface area contributed by atoms with E-state index in [2.05, 4.69) is 11.7 Å². The van der Waals surface area contributed by atoms with Gasteiger partial charge in [0.25, 0.3) is 5.56 Å². The van der Waals surface area contributed by atoms with E-state index >= 15 is 0 Å². The van der Waals surface area contributed by atoms with Crippen LogP contribution in [0, 0.1) is 5.82 Å². The predicted octanol–water partition coefficient (Wildman–Crippen LogP) is 3.64. The summed E-state index contributed by atoms with van der Waals surface area (Å²) in [6, 6.07) is 7.15. The van der Waals surface area contributed by atoms with Gasteiger partial charge in [-0.3, -0.25) is 14.4 Å². The summed E-state index contributed by atoms with van der Waals surface area (Å²) in [5.41, 5.74) is 1.04. The highest BCUT2D eigenvalue weighted by atomic mass is 35.5. The molecule has 0 aliphatic heterocycles. The van der Waals surface area contributed by atoms with Crippen molar-refractivity contribution in [2.45, 2.75) is 13.0 Å². The van der Waals surface area contributed by atoms with E-state index in [1.807, 2.05) is 6.92 Å². The lowest BCUT2D eigenvalue weighted by atomic mass is 10.2. The quantitative estimate of drug-likeness (QED) is 0.680. The van der Waals surface area contributed by atoms with Gasteiger partial charge >= 0.3 is 0 Å². The molecule has 3 aromatic rings. The van der Waals surface area contributed by atoms with Crippen LogP contribution in [0.2, 0.25) is 5.02 Å². The molecule has 6 heteroatoms. The van der Waals surface area contributed by atoms with Crippen molar-refractivity contribution < 1.29 is 4.39 Å². The van der Waals surface area contributed by atoms with Crippen LogP contribution in [0.5, 0.6) is 0 Å². The molecule has 2 heterocycles. The molecule has 0 N–H and O–H groups in total. The van der Waals surface area contributed by atoms with Crippen molar-refractivity contribution in [3.05, 3.63) is 69.6 Å². The molecule has 0 spiro atoms. The van der Waals surface area contributed by atoms with Crippen LogP contribution in [0.3, 0.4) is 0 Å². The fraction of sp³-hybridized carbons (Fsp3) is 0.125. The summed E-state index contributed by atoms with van der Waals surface area (Å²) < 4.78 is 16.6. The Kier molecular flexibility index (Phi) is 3.58. The van der Waals surface area contributed by atoms with E-state index in [0.29, 0.717) is 21.9 Å². The number of halogens is 2. The average molecular weight is 318 g/mol. The fourth-order valence-electron chi connectivity index (χ4n) is 2.44. The minimum Gasteiger partial charge on any atom is -0.316 e. The summed E-state index contributed by atoms with van der Waals surface area (Å²) >= 11 is 6.09. The molecule has 1 aromatic carbocycles. The second kappa shape index (κ2) is 5.42. The van der Waals surface area contributed by atoms with Gasteiger partial charge in [-0.15, -0.1) is 0 Å². The average Bonchev–Trinajstić information content (AvgIpc) is 2.87. The van der Waals surface area contributed by atoms with Crippen LogP contribution in [0.1, 0.15) is 18.7 Å². The van der Waals surface area contributed by atoms with Gasteiger partial charge in [0, 0.05) is 12.4 Å². The molecule has 112 valence electrons. The van der Waals surface area contributed by atoms with Crippen molar-refractivity contribution in [3.8, 4) is 5.69 Å². The molecule has 1 atom stereocenters. The molecule has 0 amide bonds. The monoisotopic (exact) mass is 317 g/mol. The zero-order valence-corrected chi connectivity index (χ0v) is 12.6. The highest BCUT2D eigenvalue weighted by molar-refractivity contribution is 6.33. The number of aromatic nitrogens is 2. The zero-order chi connectivity index (χ0) is 15.9. The third-order valence-corrected chi connectivity index (χ3v) is 3.87. The minimum absolute atomic E-state index is 0.325. The van der Waals surface area contributed by atoms with E-state index in [-0.39, 0.29) is 11.6 Å². The van der Waals surface area contributed by atoms with Crippen LogP contribution in [0.4, 0.5) is 4.39 Å². The van der Waals surface area contributed by atoms with Crippen molar-refractivity contribution in [2.24, 2.45) is 4.99 Å². The number of aliphatic imine (C=N–C) groups is 1. The topological polar surface area (TPSA) is 38.8 Å². The second-order valence-electron chi connectivity index (χ2n) is 4.95. The van der Waals surface area contributed by atoms with E-state index in [1.165, 1.54) is 16.7 Å². The Morgan fingerprint density at radius 1 is 1.36 bits per heavy atom. The van der Waals surface area contributed by atoms with Crippen LogP contribution >= 0.6 is 11.6 Å². The third-order valence-electron chi connectivity index (χ3n) is 3.57. The van der Waals surface area contributed by atoms with Gasteiger partial charge < -0.3 is 4.40 Å². The molecule has 0 saturated heterocycles. The van der Waals surface area contributed by atoms with Crippen LogP contribution in [-0.4, -0.2) is 15.7 Å². The lowest BCUT2D eigenvalue weighted by molar-refractivity contribution is 0.624. The Morgan fingerprint density at radius 3 is 2.82 bits per heavy atom. The molecule has 3 rings (SSSR count).